The number of hydrogen-bond acceptors (Lipinski definition) is 4. The van der Waals surface area contributed by atoms with E-state index >= 15 is 0 Å². The van der Waals surface area contributed by atoms with Gasteiger partial charge in [-0.2, -0.15) is 0 Å². The predicted octanol–water partition coefficient (Wildman–Crippen LogP) is 0.0862. The highest BCUT2D eigenvalue weighted by molar-refractivity contribution is 5.89. The van der Waals surface area contributed by atoms with Crippen LogP contribution < -0.4 is 0 Å². The van der Waals surface area contributed by atoms with Crippen LogP contribution in [0.5, 0.6) is 0 Å². The van der Waals surface area contributed by atoms with Crippen molar-refractivity contribution in [1.82, 2.24) is 0 Å². The molecule has 0 aromatic carbocycles. The lowest BCUT2D eigenvalue weighted by Gasteiger charge is -2.20. The number of aliphatic hydroxyl groups excluding tert-OH is 1. The molecule has 1 aliphatic heterocycles. The molecule has 0 amide bonds. The first-order chi connectivity index (χ1) is 5.92. The Labute approximate surface area is 76.8 Å². The van der Waals surface area contributed by atoms with E-state index in [-0.39, 0.29) is 11.7 Å². The van der Waals surface area contributed by atoms with Gasteiger partial charge in [0.2, 0.25) is 0 Å². The molecule has 2 rings (SSSR count). The van der Waals surface area contributed by atoms with Gasteiger partial charge in [-0.15, -0.1) is 0 Å². The zero-order chi connectivity index (χ0) is 9.80. The molecule has 4 nitrogen and oxygen atoms in total. The smallest absolute Gasteiger partial charge is 0.169 e. The van der Waals surface area contributed by atoms with Crippen molar-refractivity contribution in [3.05, 3.63) is 0 Å². The quantitative estimate of drug-likeness (QED) is 0.582. The summed E-state index contributed by atoms with van der Waals surface area (Å²) in [5.74, 6) is -1.17. The van der Waals surface area contributed by atoms with Gasteiger partial charge < -0.3 is 14.6 Å². The van der Waals surface area contributed by atoms with Crippen LogP contribution >= 0.6 is 0 Å². The number of hydrogen-bond donors (Lipinski definition) is 1. The number of fused-ring (bicyclic) bond motifs is 1. The van der Waals surface area contributed by atoms with Crippen molar-refractivity contribution in [1.29, 1.82) is 0 Å². The third-order valence-electron chi connectivity index (χ3n) is 2.71. The molecular formula is C9H14O4. The minimum Gasteiger partial charge on any atom is -0.390 e. The lowest BCUT2D eigenvalue weighted by molar-refractivity contribution is -0.171. The zero-order valence-electron chi connectivity index (χ0n) is 7.98. The topological polar surface area (TPSA) is 55.8 Å². The molecule has 1 aliphatic carbocycles. The Balaban J connectivity index is 2.23. The molecule has 0 radical (unpaired) electrons. The second kappa shape index (κ2) is 2.53. The number of rotatable bonds is 0. The van der Waals surface area contributed by atoms with Crippen molar-refractivity contribution < 1.29 is 19.4 Å². The summed E-state index contributed by atoms with van der Waals surface area (Å²) in [6.45, 7) is 5.19. The van der Waals surface area contributed by atoms with Gasteiger partial charge in [0, 0.05) is 5.92 Å². The molecule has 1 saturated heterocycles. The highest BCUT2D eigenvalue weighted by atomic mass is 16.8. The molecule has 2 aliphatic rings. The van der Waals surface area contributed by atoms with Gasteiger partial charge in [0.1, 0.15) is 12.2 Å². The summed E-state index contributed by atoms with van der Waals surface area (Å²) in [4.78, 5) is 11.5. The molecule has 1 heterocycles. The molecule has 0 aromatic heterocycles. The van der Waals surface area contributed by atoms with Crippen LogP contribution in [-0.4, -0.2) is 35.0 Å². The molecule has 0 bridgehead atoms. The third kappa shape index (κ3) is 1.21. The minimum atomic E-state index is -0.744. The number of carbonyl (C=O) groups excluding carboxylic acids is 1. The molecule has 1 N–H and O–H groups in total. The molecule has 1 saturated carbocycles. The SMILES string of the molecule is C[C@@H]1C(=O)[C@@H]2OC(C)(C)O[C@@H]2[C@@H]1O. The van der Waals surface area contributed by atoms with E-state index in [2.05, 4.69) is 0 Å². The normalized spacial score (nSPS) is 48.2. The highest BCUT2D eigenvalue weighted by Crippen LogP contribution is 2.38. The standard InChI is InChI=1S/C9H14O4/c1-4-5(10)7-8(6(4)11)13-9(2,3)12-7/h4-5,7-8,10H,1-3H3/t4-,5+,7+,8-/m0/s1. The number of ether oxygens (including phenoxy) is 2. The van der Waals surface area contributed by atoms with Gasteiger partial charge in [0.05, 0.1) is 6.10 Å². The van der Waals surface area contributed by atoms with Crippen molar-refractivity contribution in [2.24, 2.45) is 5.92 Å². The Bertz CT molecular complexity index is 248. The maximum Gasteiger partial charge on any atom is 0.169 e. The Kier molecular flexibility index (Phi) is 1.77. The van der Waals surface area contributed by atoms with Crippen LogP contribution in [0, 0.1) is 5.92 Å². The molecule has 2 fully saturated rings. The molecule has 13 heavy (non-hydrogen) atoms. The number of aliphatic hydroxyl groups is 1. The van der Waals surface area contributed by atoms with Crippen molar-refractivity contribution in [2.45, 2.75) is 44.9 Å². The average Bonchev–Trinajstić information content (AvgIpc) is 2.44. The van der Waals surface area contributed by atoms with E-state index < -0.39 is 24.1 Å². The summed E-state index contributed by atoms with van der Waals surface area (Å²) in [6.07, 6.45) is -1.77. The van der Waals surface area contributed by atoms with Crippen molar-refractivity contribution >= 4 is 5.78 Å². The summed E-state index contributed by atoms with van der Waals surface area (Å²) >= 11 is 0. The lowest BCUT2D eigenvalue weighted by atomic mass is 10.1. The van der Waals surface area contributed by atoms with E-state index in [0.29, 0.717) is 0 Å². The van der Waals surface area contributed by atoms with E-state index in [1.807, 2.05) is 0 Å². The van der Waals surface area contributed by atoms with Crippen LogP contribution in [0.3, 0.4) is 0 Å². The number of ketones is 1. The Morgan fingerprint density at radius 1 is 1.38 bits per heavy atom. The van der Waals surface area contributed by atoms with Crippen LogP contribution in [0.2, 0.25) is 0 Å². The minimum absolute atomic E-state index is 0.0527. The fourth-order valence-corrected chi connectivity index (χ4v) is 1.97. The fraction of sp³-hybridized carbons (Fsp3) is 0.889. The van der Waals surface area contributed by atoms with Crippen molar-refractivity contribution in [2.75, 3.05) is 0 Å². The summed E-state index contributed by atoms with van der Waals surface area (Å²) in [5, 5.41) is 9.64. The third-order valence-corrected chi connectivity index (χ3v) is 2.71. The van der Waals surface area contributed by atoms with Crippen LogP contribution in [0.25, 0.3) is 0 Å². The van der Waals surface area contributed by atoms with Gasteiger partial charge in [0.25, 0.3) is 0 Å². The maximum absolute atomic E-state index is 11.5. The fourth-order valence-electron chi connectivity index (χ4n) is 1.97. The van der Waals surface area contributed by atoms with Crippen molar-refractivity contribution in [3.63, 3.8) is 0 Å². The first-order valence-electron chi connectivity index (χ1n) is 4.50. The lowest BCUT2D eigenvalue weighted by Crippen LogP contribution is -2.31. The molecule has 0 spiro atoms. The predicted molar refractivity (Wildman–Crippen MR) is 44.0 cm³/mol. The van der Waals surface area contributed by atoms with E-state index in [0.717, 1.165) is 0 Å². The van der Waals surface area contributed by atoms with Crippen LogP contribution in [0.1, 0.15) is 20.8 Å². The molecule has 0 unspecified atom stereocenters. The van der Waals surface area contributed by atoms with Crippen LogP contribution in [0.15, 0.2) is 0 Å². The second-order valence-corrected chi connectivity index (χ2v) is 4.20. The highest BCUT2D eigenvalue weighted by Gasteiger charge is 2.56. The van der Waals surface area contributed by atoms with Gasteiger partial charge in [-0.3, -0.25) is 4.79 Å². The number of Topliss-reactive ketones (excluding diaryl/α,β-unsaturated/α-hetero) is 1. The second-order valence-electron chi connectivity index (χ2n) is 4.20. The Hall–Kier alpha value is -0.450. The van der Waals surface area contributed by atoms with Crippen LogP contribution in [0.4, 0.5) is 0 Å². The molecule has 4 atom stereocenters. The first kappa shape index (κ1) is 9.12. The summed E-state index contributed by atoms with van der Waals surface area (Å²) in [7, 11) is 0. The van der Waals surface area contributed by atoms with Gasteiger partial charge in [-0.1, -0.05) is 6.92 Å². The summed E-state index contributed by atoms with van der Waals surface area (Å²) in [6, 6.07) is 0. The van der Waals surface area contributed by atoms with Crippen LogP contribution in [-0.2, 0) is 14.3 Å². The van der Waals surface area contributed by atoms with Gasteiger partial charge in [-0.05, 0) is 13.8 Å². The molecule has 4 heteroatoms. The van der Waals surface area contributed by atoms with E-state index in [1.54, 1.807) is 20.8 Å². The van der Waals surface area contributed by atoms with E-state index in [9.17, 15) is 9.90 Å². The summed E-state index contributed by atoms with van der Waals surface area (Å²) in [5.41, 5.74) is 0. The molecular weight excluding hydrogens is 172 g/mol. The van der Waals surface area contributed by atoms with Gasteiger partial charge >= 0.3 is 0 Å². The zero-order valence-corrected chi connectivity index (χ0v) is 7.98. The molecule has 0 aromatic rings. The monoisotopic (exact) mass is 186 g/mol. The van der Waals surface area contributed by atoms with E-state index in [1.165, 1.54) is 0 Å². The van der Waals surface area contributed by atoms with Crippen molar-refractivity contribution in [3.8, 4) is 0 Å². The van der Waals surface area contributed by atoms with E-state index in [4.69, 9.17) is 9.47 Å². The number of carbonyl (C=O) groups is 1. The van der Waals surface area contributed by atoms with Gasteiger partial charge in [0.15, 0.2) is 11.6 Å². The Morgan fingerprint density at radius 2 is 2.00 bits per heavy atom. The Morgan fingerprint density at radius 3 is 2.54 bits per heavy atom. The maximum atomic E-state index is 11.5. The van der Waals surface area contributed by atoms with Gasteiger partial charge in [-0.25, -0.2) is 0 Å². The first-order valence-corrected chi connectivity index (χ1v) is 4.50. The molecule has 74 valence electrons. The summed E-state index contributed by atoms with van der Waals surface area (Å²) < 4.78 is 10.8. The largest absolute Gasteiger partial charge is 0.390 e. The average molecular weight is 186 g/mol.